The van der Waals surface area contributed by atoms with Crippen molar-refractivity contribution in [3.63, 3.8) is 0 Å². The van der Waals surface area contributed by atoms with E-state index in [0.717, 1.165) is 21.5 Å². The van der Waals surface area contributed by atoms with Crippen LogP contribution < -0.4 is 5.32 Å². The summed E-state index contributed by atoms with van der Waals surface area (Å²) in [4.78, 5) is 0. The molecule has 2 aromatic rings. The molecule has 0 atom stereocenters. The Morgan fingerprint density at radius 2 is 2.23 bits per heavy atom. The second kappa shape index (κ2) is 3.73. The molecule has 68 valence electrons. The highest BCUT2D eigenvalue weighted by Crippen LogP contribution is 2.34. The van der Waals surface area contributed by atoms with Crippen LogP contribution in [0.3, 0.4) is 0 Å². The zero-order chi connectivity index (χ0) is 9.26. The van der Waals surface area contributed by atoms with Crippen molar-refractivity contribution >= 4 is 44.8 Å². The minimum absolute atomic E-state index is 0.837. The maximum atomic E-state index is 4.24. The van der Waals surface area contributed by atoms with Crippen molar-refractivity contribution in [2.24, 2.45) is 0 Å². The van der Waals surface area contributed by atoms with Crippen LogP contribution in [0.4, 0.5) is 5.82 Å². The number of nitrogens with zero attached hydrogens (tertiary/aromatic N) is 2. The van der Waals surface area contributed by atoms with Gasteiger partial charge in [-0.1, -0.05) is 0 Å². The summed E-state index contributed by atoms with van der Waals surface area (Å²) in [6.45, 7) is 0. The van der Waals surface area contributed by atoms with Gasteiger partial charge in [0.15, 0.2) is 5.82 Å². The van der Waals surface area contributed by atoms with Crippen LogP contribution in [0.2, 0.25) is 0 Å². The smallest absolute Gasteiger partial charge is 0.167 e. The molecule has 0 aliphatic rings. The number of rotatable bonds is 2. The molecule has 6 heteroatoms. The first-order valence-electron chi connectivity index (χ1n) is 3.55. The molecule has 0 aliphatic heterocycles. The Kier molecular flexibility index (Phi) is 2.61. The van der Waals surface area contributed by atoms with Gasteiger partial charge in [0.2, 0.25) is 0 Å². The average Bonchev–Trinajstić information content (AvgIpc) is 2.71. The normalized spacial score (nSPS) is 10.3. The lowest BCUT2D eigenvalue weighted by Gasteiger charge is -1.97. The predicted molar refractivity (Wildman–Crippen MR) is 60.5 cm³/mol. The molecule has 1 N–H and O–H groups in total. The predicted octanol–water partition coefficient (Wildman–Crippen LogP) is 3.07. The zero-order valence-corrected chi connectivity index (χ0v) is 9.96. The molecule has 2 heterocycles. The fraction of sp³-hybridized carbons (Fsp3) is 0.143. The topological polar surface area (TPSA) is 37.8 Å². The highest BCUT2D eigenvalue weighted by atomic mass is 79.9. The van der Waals surface area contributed by atoms with Crippen molar-refractivity contribution < 1.29 is 0 Å². The van der Waals surface area contributed by atoms with Gasteiger partial charge in [-0.2, -0.15) is 20.1 Å². The highest BCUT2D eigenvalue weighted by molar-refractivity contribution is 9.10. The van der Waals surface area contributed by atoms with Gasteiger partial charge in [-0.25, -0.2) is 0 Å². The number of hydrogen-bond donors (Lipinski definition) is 1. The second-order valence-corrected chi connectivity index (χ2v) is 4.47. The van der Waals surface area contributed by atoms with Crippen LogP contribution in [0.1, 0.15) is 0 Å². The van der Waals surface area contributed by atoms with Gasteiger partial charge in [0, 0.05) is 27.8 Å². The van der Waals surface area contributed by atoms with E-state index in [1.165, 1.54) is 11.7 Å². The van der Waals surface area contributed by atoms with Gasteiger partial charge in [0.05, 0.1) is 11.7 Å². The van der Waals surface area contributed by atoms with Crippen molar-refractivity contribution in [1.29, 1.82) is 0 Å². The minimum atomic E-state index is 0.837. The number of anilines is 1. The van der Waals surface area contributed by atoms with E-state index in [2.05, 4.69) is 35.4 Å². The van der Waals surface area contributed by atoms with Crippen molar-refractivity contribution in [2.45, 2.75) is 0 Å². The second-order valence-electron chi connectivity index (χ2n) is 2.34. The summed E-state index contributed by atoms with van der Waals surface area (Å²) >= 11 is 6.34. The van der Waals surface area contributed by atoms with E-state index in [1.807, 2.05) is 12.4 Å². The molecule has 0 unspecified atom stereocenters. The third kappa shape index (κ3) is 1.61. The summed E-state index contributed by atoms with van der Waals surface area (Å²) in [5.74, 6) is 0.837. The Hall–Kier alpha value is -0.460. The molecular formula is C7H6BrN3S2. The van der Waals surface area contributed by atoms with Gasteiger partial charge < -0.3 is 5.32 Å². The van der Waals surface area contributed by atoms with Crippen molar-refractivity contribution in [3.8, 4) is 11.3 Å². The van der Waals surface area contributed by atoms with Crippen LogP contribution in [-0.2, 0) is 0 Å². The van der Waals surface area contributed by atoms with Gasteiger partial charge in [-0.3, -0.25) is 0 Å². The first-order chi connectivity index (χ1) is 6.33. The quantitative estimate of drug-likeness (QED) is 0.916. The number of hydrogen-bond acceptors (Lipinski definition) is 5. The van der Waals surface area contributed by atoms with E-state index in [1.54, 1.807) is 11.3 Å². The summed E-state index contributed by atoms with van der Waals surface area (Å²) in [6, 6.07) is 0. The third-order valence-electron chi connectivity index (χ3n) is 1.60. The number of halogens is 1. The molecule has 0 amide bonds. The molecule has 2 rings (SSSR count). The maximum Gasteiger partial charge on any atom is 0.167 e. The standard InChI is InChI=1S/C7H6BrN3S2/c1-9-7-6(10-13-11-7)4-2-12-3-5(4)8/h2-3H,1H3,(H,9,11). The molecule has 0 spiro atoms. The highest BCUT2D eigenvalue weighted by Gasteiger charge is 2.12. The average molecular weight is 276 g/mol. The van der Waals surface area contributed by atoms with Gasteiger partial charge in [0.25, 0.3) is 0 Å². The fourth-order valence-electron chi connectivity index (χ4n) is 0.980. The maximum absolute atomic E-state index is 4.24. The van der Waals surface area contributed by atoms with Gasteiger partial charge in [-0.15, -0.1) is 0 Å². The Morgan fingerprint density at radius 3 is 2.85 bits per heavy atom. The summed E-state index contributed by atoms with van der Waals surface area (Å²) in [7, 11) is 1.85. The van der Waals surface area contributed by atoms with E-state index in [4.69, 9.17) is 0 Å². The van der Waals surface area contributed by atoms with Gasteiger partial charge >= 0.3 is 0 Å². The summed E-state index contributed by atoms with van der Waals surface area (Å²) < 4.78 is 9.44. The summed E-state index contributed by atoms with van der Waals surface area (Å²) in [6.07, 6.45) is 0. The van der Waals surface area contributed by atoms with E-state index >= 15 is 0 Å². The lowest BCUT2D eigenvalue weighted by molar-refractivity contribution is 1.41. The molecule has 0 aliphatic carbocycles. The van der Waals surface area contributed by atoms with Crippen LogP contribution in [-0.4, -0.2) is 15.8 Å². The third-order valence-corrected chi connectivity index (χ3v) is 3.83. The van der Waals surface area contributed by atoms with Crippen LogP contribution in [0, 0.1) is 0 Å². The van der Waals surface area contributed by atoms with Crippen LogP contribution in [0.15, 0.2) is 15.2 Å². The van der Waals surface area contributed by atoms with Crippen LogP contribution >= 0.6 is 39.0 Å². The monoisotopic (exact) mass is 275 g/mol. The Morgan fingerprint density at radius 1 is 1.38 bits per heavy atom. The summed E-state index contributed by atoms with van der Waals surface area (Å²) in [5, 5.41) is 7.10. The first kappa shape index (κ1) is 9.11. The number of nitrogens with one attached hydrogen (secondary N) is 1. The SMILES string of the molecule is CNc1nsnc1-c1cscc1Br. The molecule has 0 fully saturated rings. The first-order valence-corrected chi connectivity index (χ1v) is 6.02. The lowest BCUT2D eigenvalue weighted by atomic mass is 10.2. The molecule has 13 heavy (non-hydrogen) atoms. The molecule has 0 saturated heterocycles. The number of aromatic nitrogens is 2. The molecule has 0 bridgehead atoms. The molecular weight excluding hydrogens is 270 g/mol. The molecule has 2 aromatic heterocycles. The van der Waals surface area contributed by atoms with Crippen molar-refractivity contribution in [2.75, 3.05) is 12.4 Å². The summed E-state index contributed by atoms with van der Waals surface area (Å²) in [5.41, 5.74) is 2.02. The van der Waals surface area contributed by atoms with Crippen molar-refractivity contribution in [1.82, 2.24) is 8.75 Å². The molecule has 0 radical (unpaired) electrons. The van der Waals surface area contributed by atoms with E-state index < -0.39 is 0 Å². The lowest BCUT2D eigenvalue weighted by Crippen LogP contribution is -1.90. The Bertz CT molecular complexity index is 409. The molecule has 3 nitrogen and oxygen atoms in total. The fourth-order valence-corrected chi connectivity index (χ4v) is 3.01. The van der Waals surface area contributed by atoms with E-state index in [0.29, 0.717) is 0 Å². The van der Waals surface area contributed by atoms with E-state index in [9.17, 15) is 0 Å². The van der Waals surface area contributed by atoms with Crippen molar-refractivity contribution in [3.05, 3.63) is 15.2 Å². The van der Waals surface area contributed by atoms with Crippen LogP contribution in [0.5, 0.6) is 0 Å². The van der Waals surface area contributed by atoms with E-state index in [-0.39, 0.29) is 0 Å². The Labute approximate surface area is 92.3 Å². The van der Waals surface area contributed by atoms with Gasteiger partial charge in [0.1, 0.15) is 5.69 Å². The van der Waals surface area contributed by atoms with Gasteiger partial charge in [-0.05, 0) is 15.9 Å². The molecule has 0 aromatic carbocycles. The largest absolute Gasteiger partial charge is 0.370 e. The Balaban J connectivity index is 2.52. The zero-order valence-electron chi connectivity index (χ0n) is 6.74. The number of thiophene rings is 1. The minimum Gasteiger partial charge on any atom is -0.370 e. The molecule has 0 saturated carbocycles. The van der Waals surface area contributed by atoms with Crippen LogP contribution in [0.25, 0.3) is 11.3 Å².